The third-order valence-electron chi connectivity index (χ3n) is 1.99. The Morgan fingerprint density at radius 1 is 1.12 bits per heavy atom. The van der Waals surface area contributed by atoms with Gasteiger partial charge in [0.1, 0.15) is 12.1 Å². The average molecular weight is 234 g/mol. The van der Waals surface area contributed by atoms with E-state index in [1.165, 1.54) is 0 Å². The standard InChI is InChI=1S/C8H18N4O4/c9-1-6(7(15)4(10)2-13)12-8(16)5(11)3-14/h4-6,13-14H,1-3,9-11H2,(H,12,16)/t4-,5-,6?/m0/s1. The van der Waals surface area contributed by atoms with E-state index in [4.69, 9.17) is 27.4 Å². The second-order valence-electron chi connectivity index (χ2n) is 3.28. The summed E-state index contributed by atoms with van der Waals surface area (Å²) in [7, 11) is 0. The maximum atomic E-state index is 11.5. The van der Waals surface area contributed by atoms with Gasteiger partial charge in [-0.2, -0.15) is 0 Å². The number of carbonyl (C=O) groups is 2. The zero-order valence-electron chi connectivity index (χ0n) is 8.80. The molecule has 0 aromatic heterocycles. The molecule has 0 fully saturated rings. The quantitative estimate of drug-likeness (QED) is 0.259. The number of rotatable bonds is 7. The summed E-state index contributed by atoms with van der Waals surface area (Å²) in [6.07, 6.45) is 0. The Morgan fingerprint density at radius 2 is 1.62 bits per heavy atom. The van der Waals surface area contributed by atoms with Crippen LogP contribution in [0.15, 0.2) is 0 Å². The number of ketones is 1. The molecule has 0 aliphatic carbocycles. The number of aliphatic hydroxyl groups is 2. The first kappa shape index (κ1) is 14.9. The van der Waals surface area contributed by atoms with Crippen molar-refractivity contribution in [3.8, 4) is 0 Å². The molecule has 9 N–H and O–H groups in total. The first-order chi connectivity index (χ1) is 7.47. The van der Waals surface area contributed by atoms with Gasteiger partial charge in [0.25, 0.3) is 0 Å². The lowest BCUT2D eigenvalue weighted by molar-refractivity contribution is -0.129. The Labute approximate surface area is 92.8 Å². The highest BCUT2D eigenvalue weighted by Gasteiger charge is 2.25. The molecule has 8 nitrogen and oxygen atoms in total. The molecule has 1 amide bonds. The number of amides is 1. The fourth-order valence-corrected chi connectivity index (χ4v) is 0.956. The topological polar surface area (TPSA) is 165 Å². The lowest BCUT2D eigenvalue weighted by Gasteiger charge is -2.20. The highest BCUT2D eigenvalue weighted by atomic mass is 16.3. The number of carbonyl (C=O) groups excluding carboxylic acids is 2. The first-order valence-electron chi connectivity index (χ1n) is 4.75. The van der Waals surface area contributed by atoms with Gasteiger partial charge in [-0.15, -0.1) is 0 Å². The SMILES string of the molecule is NCC(NC(=O)[C@@H](N)CO)C(=O)[C@@H](N)CO. The monoisotopic (exact) mass is 234 g/mol. The summed E-state index contributed by atoms with van der Waals surface area (Å²) < 4.78 is 0. The second-order valence-corrected chi connectivity index (χ2v) is 3.28. The second kappa shape index (κ2) is 7.25. The van der Waals surface area contributed by atoms with Crippen molar-refractivity contribution >= 4 is 11.7 Å². The molecule has 16 heavy (non-hydrogen) atoms. The molecule has 8 heteroatoms. The van der Waals surface area contributed by atoms with Gasteiger partial charge in [0, 0.05) is 6.54 Å². The zero-order chi connectivity index (χ0) is 12.7. The summed E-state index contributed by atoms with van der Waals surface area (Å²) in [4.78, 5) is 22.7. The maximum Gasteiger partial charge on any atom is 0.239 e. The van der Waals surface area contributed by atoms with Gasteiger partial charge in [0.05, 0.1) is 19.3 Å². The van der Waals surface area contributed by atoms with Crippen molar-refractivity contribution in [3.05, 3.63) is 0 Å². The van der Waals surface area contributed by atoms with Crippen LogP contribution in [-0.2, 0) is 9.59 Å². The van der Waals surface area contributed by atoms with Crippen molar-refractivity contribution in [2.75, 3.05) is 19.8 Å². The van der Waals surface area contributed by atoms with Crippen LogP contribution in [0, 0.1) is 0 Å². The fourth-order valence-electron chi connectivity index (χ4n) is 0.956. The minimum Gasteiger partial charge on any atom is -0.394 e. The largest absolute Gasteiger partial charge is 0.394 e. The van der Waals surface area contributed by atoms with Gasteiger partial charge in [0.2, 0.25) is 5.91 Å². The van der Waals surface area contributed by atoms with E-state index in [0.717, 1.165) is 0 Å². The van der Waals surface area contributed by atoms with Crippen LogP contribution >= 0.6 is 0 Å². The van der Waals surface area contributed by atoms with E-state index in [0.29, 0.717) is 0 Å². The summed E-state index contributed by atoms with van der Waals surface area (Å²) in [5, 5.41) is 19.5. The van der Waals surface area contributed by atoms with Crippen LogP contribution in [0.5, 0.6) is 0 Å². The van der Waals surface area contributed by atoms with E-state index in [-0.39, 0.29) is 6.54 Å². The molecule has 0 aliphatic rings. The average Bonchev–Trinajstić information content (AvgIpc) is 2.32. The van der Waals surface area contributed by atoms with Crippen molar-refractivity contribution < 1.29 is 19.8 Å². The van der Waals surface area contributed by atoms with Gasteiger partial charge in [0.15, 0.2) is 5.78 Å². The van der Waals surface area contributed by atoms with Crippen LogP contribution in [-0.4, -0.2) is 59.8 Å². The maximum absolute atomic E-state index is 11.5. The Balaban J connectivity index is 4.41. The zero-order valence-corrected chi connectivity index (χ0v) is 8.80. The van der Waals surface area contributed by atoms with Crippen LogP contribution in [0.1, 0.15) is 0 Å². The van der Waals surface area contributed by atoms with Gasteiger partial charge in [-0.05, 0) is 0 Å². The molecule has 0 rings (SSSR count). The molecule has 0 heterocycles. The molecule has 0 aliphatic heterocycles. The first-order valence-corrected chi connectivity index (χ1v) is 4.75. The predicted molar refractivity (Wildman–Crippen MR) is 56.1 cm³/mol. The summed E-state index contributed by atoms with van der Waals surface area (Å²) in [5.41, 5.74) is 15.8. The third-order valence-corrected chi connectivity index (χ3v) is 1.99. The predicted octanol–water partition coefficient (Wildman–Crippen LogP) is -4.36. The molecular formula is C8H18N4O4. The lowest BCUT2D eigenvalue weighted by Crippen LogP contribution is -2.56. The molecule has 3 atom stereocenters. The molecule has 0 bridgehead atoms. The van der Waals surface area contributed by atoms with Crippen molar-refractivity contribution in [1.29, 1.82) is 0 Å². The number of nitrogens with one attached hydrogen (secondary N) is 1. The van der Waals surface area contributed by atoms with Gasteiger partial charge in [-0.3, -0.25) is 9.59 Å². The van der Waals surface area contributed by atoms with Gasteiger partial charge >= 0.3 is 0 Å². The number of aliphatic hydroxyl groups excluding tert-OH is 2. The van der Waals surface area contributed by atoms with Crippen molar-refractivity contribution in [1.82, 2.24) is 5.32 Å². The highest BCUT2D eigenvalue weighted by Crippen LogP contribution is 1.91. The number of nitrogens with two attached hydrogens (primary N) is 3. The van der Waals surface area contributed by atoms with E-state index in [2.05, 4.69) is 5.32 Å². The molecule has 1 unspecified atom stereocenters. The Bertz CT molecular complexity index is 248. The Hall–Kier alpha value is -1.06. The summed E-state index contributed by atoms with van der Waals surface area (Å²) in [5.74, 6) is -1.28. The third kappa shape index (κ3) is 4.21. The molecule has 94 valence electrons. The number of hydrogen-bond donors (Lipinski definition) is 6. The highest BCUT2D eigenvalue weighted by molar-refractivity contribution is 5.93. The molecule has 0 radical (unpaired) electrons. The fraction of sp³-hybridized carbons (Fsp3) is 0.750. The van der Waals surface area contributed by atoms with Crippen molar-refractivity contribution in [2.45, 2.75) is 18.1 Å². The van der Waals surface area contributed by atoms with Crippen LogP contribution in [0.25, 0.3) is 0 Å². The molecule has 0 saturated heterocycles. The van der Waals surface area contributed by atoms with Gasteiger partial charge in [-0.25, -0.2) is 0 Å². The van der Waals surface area contributed by atoms with Crippen LogP contribution in [0.4, 0.5) is 0 Å². The molecule has 0 saturated carbocycles. The minimum atomic E-state index is -1.12. The summed E-state index contributed by atoms with van der Waals surface area (Å²) in [6.45, 7) is -1.23. The smallest absolute Gasteiger partial charge is 0.239 e. The molecule has 0 aromatic rings. The van der Waals surface area contributed by atoms with Gasteiger partial charge in [-0.1, -0.05) is 0 Å². The Kier molecular flexibility index (Phi) is 6.77. The van der Waals surface area contributed by atoms with Crippen LogP contribution < -0.4 is 22.5 Å². The number of hydrogen-bond acceptors (Lipinski definition) is 7. The molecule has 0 spiro atoms. The van der Waals surface area contributed by atoms with E-state index in [1.54, 1.807) is 0 Å². The van der Waals surface area contributed by atoms with Crippen LogP contribution in [0.2, 0.25) is 0 Å². The van der Waals surface area contributed by atoms with E-state index < -0.39 is 43.0 Å². The van der Waals surface area contributed by atoms with Crippen molar-refractivity contribution in [2.24, 2.45) is 17.2 Å². The number of Topliss-reactive ketones (excluding diaryl/α,β-unsaturated/α-hetero) is 1. The molecule has 0 aromatic carbocycles. The van der Waals surface area contributed by atoms with Crippen molar-refractivity contribution in [3.63, 3.8) is 0 Å². The van der Waals surface area contributed by atoms with Crippen LogP contribution in [0.3, 0.4) is 0 Å². The van der Waals surface area contributed by atoms with Gasteiger partial charge < -0.3 is 32.7 Å². The lowest BCUT2D eigenvalue weighted by atomic mass is 10.1. The summed E-state index contributed by atoms with van der Waals surface area (Å²) >= 11 is 0. The van der Waals surface area contributed by atoms with E-state index in [9.17, 15) is 9.59 Å². The Morgan fingerprint density at radius 3 is 2.00 bits per heavy atom. The summed E-state index contributed by atoms with van der Waals surface area (Å²) in [6, 6.07) is -3.22. The van der Waals surface area contributed by atoms with E-state index in [1.807, 2.05) is 0 Å². The minimum absolute atomic E-state index is 0.156. The normalized spacial score (nSPS) is 16.3. The molecular weight excluding hydrogens is 216 g/mol. The van der Waals surface area contributed by atoms with E-state index >= 15 is 0 Å².